The van der Waals surface area contributed by atoms with Crippen molar-refractivity contribution in [2.45, 2.75) is 50.9 Å². The van der Waals surface area contributed by atoms with E-state index < -0.39 is 17.7 Å². The summed E-state index contributed by atoms with van der Waals surface area (Å²) >= 11 is 0. The van der Waals surface area contributed by atoms with Gasteiger partial charge in [-0.15, -0.1) is 0 Å². The second-order valence-electron chi connectivity index (χ2n) is 6.91. The summed E-state index contributed by atoms with van der Waals surface area (Å²) in [6, 6.07) is 7.58. The first kappa shape index (κ1) is 16.9. The summed E-state index contributed by atoms with van der Waals surface area (Å²) in [5.74, 6) is -0.245. The van der Waals surface area contributed by atoms with Gasteiger partial charge >= 0.3 is 6.03 Å². The lowest BCUT2D eigenvalue weighted by Gasteiger charge is -2.32. The predicted molar refractivity (Wildman–Crippen MR) is 88.5 cm³/mol. The first-order chi connectivity index (χ1) is 11.4. The van der Waals surface area contributed by atoms with E-state index in [0.29, 0.717) is 12.8 Å². The Kier molecular flexibility index (Phi) is 4.60. The number of fused-ring (bicyclic) bond motifs is 1. The lowest BCUT2D eigenvalue weighted by Crippen LogP contribution is -2.51. The van der Waals surface area contributed by atoms with E-state index in [1.54, 1.807) is 0 Å². The maximum atomic E-state index is 12.9. The van der Waals surface area contributed by atoms with Gasteiger partial charge in [-0.25, -0.2) is 4.79 Å². The third kappa shape index (κ3) is 3.16. The number of rotatable bonds is 5. The number of aliphatic hydroxyl groups excluding tert-OH is 1. The van der Waals surface area contributed by atoms with Gasteiger partial charge in [-0.05, 0) is 37.8 Å². The van der Waals surface area contributed by atoms with Crippen LogP contribution < -0.4 is 5.32 Å². The van der Waals surface area contributed by atoms with Crippen molar-refractivity contribution in [1.82, 2.24) is 10.2 Å². The molecule has 1 heterocycles. The minimum absolute atomic E-state index is 0.0102. The maximum absolute atomic E-state index is 12.9. The molecule has 1 aliphatic heterocycles. The van der Waals surface area contributed by atoms with E-state index in [1.807, 2.05) is 32.0 Å². The number of nitrogens with zero attached hydrogens (tertiary/aromatic N) is 1. The quantitative estimate of drug-likeness (QED) is 0.796. The van der Waals surface area contributed by atoms with Gasteiger partial charge in [-0.3, -0.25) is 9.69 Å². The Balaban J connectivity index is 1.71. The number of hydrogen-bond donors (Lipinski definition) is 2. The molecule has 1 saturated heterocycles. The van der Waals surface area contributed by atoms with E-state index in [9.17, 15) is 14.7 Å². The van der Waals surface area contributed by atoms with Crippen LogP contribution in [-0.4, -0.2) is 52.8 Å². The topological polar surface area (TPSA) is 78.9 Å². The molecule has 0 bridgehead atoms. The highest BCUT2D eigenvalue weighted by molar-refractivity contribution is 6.07. The molecule has 1 aromatic rings. The number of aliphatic hydroxyl groups is 1. The molecule has 24 heavy (non-hydrogen) atoms. The van der Waals surface area contributed by atoms with E-state index in [-0.39, 0.29) is 25.2 Å². The van der Waals surface area contributed by atoms with E-state index in [1.165, 1.54) is 5.56 Å². The SMILES string of the molecule is CC(C)OCC(O)CN1C(=O)NC2(CCc3ccccc3C2)C1=O. The molecule has 2 atom stereocenters. The molecule has 2 aliphatic rings. The van der Waals surface area contributed by atoms with Crippen molar-refractivity contribution in [3.63, 3.8) is 0 Å². The maximum Gasteiger partial charge on any atom is 0.325 e. The minimum atomic E-state index is -0.881. The zero-order valence-electron chi connectivity index (χ0n) is 14.1. The van der Waals surface area contributed by atoms with Crippen LogP contribution in [0.4, 0.5) is 4.79 Å². The fraction of sp³-hybridized carbons (Fsp3) is 0.556. The van der Waals surface area contributed by atoms with Crippen LogP contribution in [0.5, 0.6) is 0 Å². The molecule has 6 nitrogen and oxygen atoms in total. The molecule has 2 unspecified atom stereocenters. The molecule has 1 fully saturated rings. The average Bonchev–Trinajstić information content (AvgIpc) is 2.77. The molecule has 130 valence electrons. The van der Waals surface area contributed by atoms with Crippen molar-refractivity contribution < 1.29 is 19.4 Å². The van der Waals surface area contributed by atoms with Crippen LogP contribution in [-0.2, 0) is 22.4 Å². The van der Waals surface area contributed by atoms with Gasteiger partial charge in [0.15, 0.2) is 0 Å². The summed E-state index contributed by atoms with van der Waals surface area (Å²) in [5.41, 5.74) is 1.46. The number of imide groups is 1. The number of carbonyl (C=O) groups excluding carboxylic acids is 2. The van der Waals surface area contributed by atoms with Crippen molar-refractivity contribution in [2.24, 2.45) is 0 Å². The van der Waals surface area contributed by atoms with Crippen LogP contribution in [0.15, 0.2) is 24.3 Å². The normalized spacial score (nSPS) is 24.4. The van der Waals surface area contributed by atoms with Crippen LogP contribution in [0.1, 0.15) is 31.4 Å². The number of amides is 3. The van der Waals surface area contributed by atoms with Gasteiger partial charge in [0.1, 0.15) is 5.54 Å². The molecule has 1 aliphatic carbocycles. The van der Waals surface area contributed by atoms with Crippen molar-refractivity contribution in [1.29, 1.82) is 0 Å². The number of nitrogens with one attached hydrogen (secondary N) is 1. The molecule has 6 heteroatoms. The highest BCUT2D eigenvalue weighted by atomic mass is 16.5. The third-order valence-electron chi connectivity index (χ3n) is 4.69. The number of β-amino-alcohol motifs (C(OH)–C–C–N with tert-alkyl or cyclic N) is 1. The number of urea groups is 1. The fourth-order valence-electron chi connectivity index (χ4n) is 3.43. The molecule has 0 radical (unpaired) electrons. The number of aryl methyl sites for hydroxylation is 1. The van der Waals surface area contributed by atoms with Crippen LogP contribution in [0.25, 0.3) is 0 Å². The van der Waals surface area contributed by atoms with Crippen LogP contribution >= 0.6 is 0 Å². The van der Waals surface area contributed by atoms with E-state index >= 15 is 0 Å². The summed E-state index contributed by atoms with van der Waals surface area (Å²) in [6.07, 6.45) is 0.957. The van der Waals surface area contributed by atoms with Crippen molar-refractivity contribution in [3.8, 4) is 0 Å². The third-order valence-corrected chi connectivity index (χ3v) is 4.69. The summed E-state index contributed by atoms with van der Waals surface area (Å²) in [7, 11) is 0. The molecule has 0 saturated carbocycles. The number of ether oxygens (including phenoxy) is 1. The number of benzene rings is 1. The van der Waals surface area contributed by atoms with Gasteiger partial charge in [0.05, 0.1) is 25.4 Å². The Morgan fingerprint density at radius 3 is 2.71 bits per heavy atom. The predicted octanol–water partition coefficient (Wildman–Crippen LogP) is 1.25. The lowest BCUT2D eigenvalue weighted by molar-refractivity contribution is -0.133. The summed E-state index contributed by atoms with van der Waals surface area (Å²) in [6.45, 7) is 3.80. The molecule has 1 aromatic carbocycles. The molecule has 3 rings (SSSR count). The fourth-order valence-corrected chi connectivity index (χ4v) is 3.43. The Labute approximate surface area is 141 Å². The highest BCUT2D eigenvalue weighted by Gasteiger charge is 2.52. The first-order valence-electron chi connectivity index (χ1n) is 8.42. The monoisotopic (exact) mass is 332 g/mol. The average molecular weight is 332 g/mol. The van der Waals surface area contributed by atoms with Crippen molar-refractivity contribution in [2.75, 3.05) is 13.2 Å². The zero-order chi connectivity index (χ0) is 17.3. The van der Waals surface area contributed by atoms with Gasteiger partial charge in [0.2, 0.25) is 0 Å². The smallest absolute Gasteiger partial charge is 0.325 e. The van der Waals surface area contributed by atoms with Gasteiger partial charge in [0.25, 0.3) is 5.91 Å². The molecule has 0 aromatic heterocycles. The largest absolute Gasteiger partial charge is 0.389 e. The molecular weight excluding hydrogens is 308 g/mol. The Morgan fingerprint density at radius 2 is 2.00 bits per heavy atom. The second kappa shape index (κ2) is 6.53. The number of carbonyl (C=O) groups is 2. The van der Waals surface area contributed by atoms with E-state index in [2.05, 4.69) is 11.4 Å². The Hall–Kier alpha value is -1.92. The Bertz CT molecular complexity index is 646. The molecule has 1 spiro atoms. The molecular formula is C18H24N2O4. The number of hydrogen-bond acceptors (Lipinski definition) is 4. The molecule has 2 N–H and O–H groups in total. The summed E-state index contributed by atoms with van der Waals surface area (Å²) < 4.78 is 5.35. The second-order valence-corrected chi connectivity index (χ2v) is 6.91. The van der Waals surface area contributed by atoms with Crippen molar-refractivity contribution >= 4 is 11.9 Å². The lowest BCUT2D eigenvalue weighted by atomic mass is 9.78. The minimum Gasteiger partial charge on any atom is -0.389 e. The highest BCUT2D eigenvalue weighted by Crippen LogP contribution is 2.33. The van der Waals surface area contributed by atoms with E-state index in [0.717, 1.165) is 16.9 Å². The van der Waals surface area contributed by atoms with Crippen LogP contribution in [0, 0.1) is 0 Å². The van der Waals surface area contributed by atoms with Gasteiger partial charge in [-0.2, -0.15) is 0 Å². The van der Waals surface area contributed by atoms with Crippen molar-refractivity contribution in [3.05, 3.63) is 35.4 Å². The summed E-state index contributed by atoms with van der Waals surface area (Å²) in [4.78, 5) is 26.3. The van der Waals surface area contributed by atoms with Crippen LogP contribution in [0.3, 0.4) is 0 Å². The van der Waals surface area contributed by atoms with E-state index in [4.69, 9.17) is 4.74 Å². The van der Waals surface area contributed by atoms with Crippen LogP contribution in [0.2, 0.25) is 0 Å². The summed E-state index contributed by atoms with van der Waals surface area (Å²) in [5, 5.41) is 12.9. The zero-order valence-corrected chi connectivity index (χ0v) is 14.1. The standard InChI is InChI=1S/C18H24N2O4/c1-12(2)24-11-15(21)10-20-16(22)18(19-17(20)23)8-7-13-5-3-4-6-14(13)9-18/h3-6,12,15,21H,7-11H2,1-2H3,(H,19,23). The Morgan fingerprint density at radius 1 is 1.29 bits per heavy atom. The van der Waals surface area contributed by atoms with Gasteiger partial charge in [0, 0.05) is 6.42 Å². The van der Waals surface area contributed by atoms with Gasteiger partial charge < -0.3 is 15.2 Å². The first-order valence-corrected chi connectivity index (χ1v) is 8.42. The molecule has 3 amide bonds. The van der Waals surface area contributed by atoms with Gasteiger partial charge in [-0.1, -0.05) is 24.3 Å².